The van der Waals surface area contributed by atoms with Gasteiger partial charge in [-0.2, -0.15) is 4.31 Å². The fraction of sp³-hybridized carbons (Fsp3) is 0.217. The van der Waals surface area contributed by atoms with Crippen LogP contribution >= 0.6 is 11.8 Å². The number of rotatable bonds is 8. The molecule has 9 nitrogen and oxygen atoms in total. The molecule has 0 saturated heterocycles. The predicted octanol–water partition coefficient (Wildman–Crippen LogP) is 2.47. The Morgan fingerprint density at radius 1 is 0.941 bits per heavy atom. The third-order valence-corrected chi connectivity index (χ3v) is 7.41. The molecule has 0 unspecified atom stereocenters. The monoisotopic (exact) mass is 499 g/mol. The zero-order chi connectivity index (χ0) is 24.7. The Balaban J connectivity index is 1.49. The van der Waals surface area contributed by atoms with Crippen molar-refractivity contribution in [2.75, 3.05) is 13.6 Å². The second kappa shape index (κ2) is 11.2. The molecule has 0 radical (unpaired) electrons. The van der Waals surface area contributed by atoms with E-state index in [0.29, 0.717) is 16.5 Å². The number of amides is 2. The first-order chi connectivity index (χ1) is 16.1. The van der Waals surface area contributed by atoms with Gasteiger partial charge in [0, 0.05) is 29.8 Å². The summed E-state index contributed by atoms with van der Waals surface area (Å²) in [4.78, 5) is 33.3. The topological polar surface area (TPSA) is 121 Å². The minimum Gasteiger partial charge on any atom is -0.272 e. The molecule has 3 aromatic rings. The Morgan fingerprint density at radius 3 is 2.18 bits per heavy atom. The highest BCUT2D eigenvalue weighted by molar-refractivity contribution is 7.98. The van der Waals surface area contributed by atoms with Crippen LogP contribution in [0.5, 0.6) is 0 Å². The van der Waals surface area contributed by atoms with Crippen molar-refractivity contribution in [1.82, 2.24) is 25.1 Å². The molecule has 0 aliphatic carbocycles. The van der Waals surface area contributed by atoms with Crippen molar-refractivity contribution in [3.8, 4) is 0 Å². The standard InChI is InChI=1S/C23H25N5O4S2/c1-16-13-17(2)25-23(24-16)33-15-18-9-11-19(12-10-18)22(30)27-26-21(29)14-28(3)34(31,32)20-7-5-4-6-8-20/h4-13H,14-15H2,1-3H3,(H,26,29)(H,27,30). The number of nitrogens with zero attached hydrogens (tertiary/aromatic N) is 3. The van der Waals surface area contributed by atoms with Crippen LogP contribution in [0.1, 0.15) is 27.3 Å². The highest BCUT2D eigenvalue weighted by Crippen LogP contribution is 2.20. The second-order valence-corrected chi connectivity index (χ2v) is 10.5. The normalized spacial score (nSPS) is 11.3. The number of nitrogens with one attached hydrogen (secondary N) is 2. The minimum absolute atomic E-state index is 0.0803. The van der Waals surface area contributed by atoms with Gasteiger partial charge >= 0.3 is 0 Å². The summed E-state index contributed by atoms with van der Waals surface area (Å²) in [5.74, 6) is -0.542. The third-order valence-electron chi connectivity index (χ3n) is 4.68. The summed E-state index contributed by atoms with van der Waals surface area (Å²) in [5, 5.41) is 0.696. The second-order valence-electron chi connectivity index (χ2n) is 7.50. The molecule has 1 heterocycles. The van der Waals surface area contributed by atoms with E-state index in [2.05, 4.69) is 20.8 Å². The van der Waals surface area contributed by atoms with E-state index in [0.717, 1.165) is 21.3 Å². The summed E-state index contributed by atoms with van der Waals surface area (Å²) in [6, 6.07) is 16.6. The summed E-state index contributed by atoms with van der Waals surface area (Å²) in [6.45, 7) is 3.39. The van der Waals surface area contributed by atoms with Crippen LogP contribution < -0.4 is 10.9 Å². The Morgan fingerprint density at radius 2 is 1.56 bits per heavy atom. The maximum absolute atomic E-state index is 12.5. The number of hydrogen-bond acceptors (Lipinski definition) is 7. The molecule has 34 heavy (non-hydrogen) atoms. The Kier molecular flexibility index (Phi) is 8.37. The van der Waals surface area contributed by atoms with E-state index < -0.39 is 28.4 Å². The number of aryl methyl sites for hydroxylation is 2. The lowest BCUT2D eigenvalue weighted by Crippen LogP contribution is -2.46. The molecule has 2 aromatic carbocycles. The van der Waals surface area contributed by atoms with Gasteiger partial charge in [-0.3, -0.25) is 20.4 Å². The van der Waals surface area contributed by atoms with Crippen LogP contribution in [-0.2, 0) is 20.6 Å². The molecule has 0 atom stereocenters. The minimum atomic E-state index is -3.81. The summed E-state index contributed by atoms with van der Waals surface area (Å²) in [5.41, 5.74) is 7.70. The van der Waals surface area contributed by atoms with Gasteiger partial charge in [-0.05, 0) is 49.7 Å². The number of sulfonamides is 1. The smallest absolute Gasteiger partial charge is 0.269 e. The molecule has 0 bridgehead atoms. The van der Waals surface area contributed by atoms with Crippen LogP contribution in [0, 0.1) is 13.8 Å². The molecule has 0 aliphatic rings. The maximum Gasteiger partial charge on any atom is 0.269 e. The molecule has 178 valence electrons. The van der Waals surface area contributed by atoms with Gasteiger partial charge < -0.3 is 0 Å². The first kappa shape index (κ1) is 25.3. The number of benzene rings is 2. The Bertz CT molecular complexity index is 1250. The highest BCUT2D eigenvalue weighted by atomic mass is 32.2. The predicted molar refractivity (Wildman–Crippen MR) is 129 cm³/mol. The van der Waals surface area contributed by atoms with E-state index >= 15 is 0 Å². The zero-order valence-electron chi connectivity index (χ0n) is 19.0. The summed E-state index contributed by atoms with van der Waals surface area (Å²) >= 11 is 1.50. The van der Waals surface area contributed by atoms with Crippen molar-refractivity contribution >= 4 is 33.6 Å². The number of likely N-dealkylation sites (N-methyl/N-ethyl adjacent to an activating group) is 1. The molecule has 2 N–H and O–H groups in total. The molecule has 0 spiro atoms. The maximum atomic E-state index is 12.5. The fourth-order valence-electron chi connectivity index (χ4n) is 2.96. The number of thioether (sulfide) groups is 1. The molecular formula is C23H25N5O4S2. The van der Waals surface area contributed by atoms with Crippen molar-refractivity contribution in [2.24, 2.45) is 0 Å². The molecule has 0 saturated carbocycles. The van der Waals surface area contributed by atoms with E-state index in [9.17, 15) is 18.0 Å². The summed E-state index contributed by atoms with van der Waals surface area (Å²) < 4.78 is 25.9. The van der Waals surface area contributed by atoms with Crippen molar-refractivity contribution < 1.29 is 18.0 Å². The molecule has 0 aliphatic heterocycles. The van der Waals surface area contributed by atoms with Crippen molar-refractivity contribution in [3.63, 3.8) is 0 Å². The van der Waals surface area contributed by atoms with Crippen LogP contribution in [-0.4, -0.2) is 48.1 Å². The van der Waals surface area contributed by atoms with E-state index in [4.69, 9.17) is 0 Å². The molecule has 3 rings (SSSR count). The van der Waals surface area contributed by atoms with Crippen LogP contribution in [0.25, 0.3) is 0 Å². The third kappa shape index (κ3) is 6.86. The van der Waals surface area contributed by atoms with Crippen molar-refractivity contribution in [3.05, 3.63) is 83.2 Å². The van der Waals surface area contributed by atoms with Gasteiger partial charge in [0.25, 0.3) is 11.8 Å². The van der Waals surface area contributed by atoms with E-state index in [1.54, 1.807) is 30.3 Å². The number of hydrazine groups is 1. The van der Waals surface area contributed by atoms with Gasteiger partial charge in [0.15, 0.2) is 5.16 Å². The van der Waals surface area contributed by atoms with Crippen LogP contribution in [0.4, 0.5) is 0 Å². The largest absolute Gasteiger partial charge is 0.272 e. The first-order valence-corrected chi connectivity index (χ1v) is 12.7. The van der Waals surface area contributed by atoms with Gasteiger partial charge in [-0.25, -0.2) is 18.4 Å². The summed E-state index contributed by atoms with van der Waals surface area (Å²) in [6.07, 6.45) is 0. The average Bonchev–Trinajstić information content (AvgIpc) is 2.81. The SMILES string of the molecule is Cc1cc(C)nc(SCc2ccc(C(=O)NNC(=O)CN(C)S(=O)(=O)c3ccccc3)cc2)n1. The first-order valence-electron chi connectivity index (χ1n) is 10.3. The Labute approximate surface area is 203 Å². The molecule has 0 fully saturated rings. The number of carbonyl (C=O) groups is 2. The fourth-order valence-corrected chi connectivity index (χ4v) is 5.01. The molecule has 2 amide bonds. The van der Waals surface area contributed by atoms with Gasteiger partial charge in [0.2, 0.25) is 10.0 Å². The molecule has 11 heteroatoms. The molecule has 1 aromatic heterocycles. The number of aromatic nitrogens is 2. The van der Waals surface area contributed by atoms with Gasteiger partial charge in [-0.15, -0.1) is 0 Å². The average molecular weight is 500 g/mol. The van der Waals surface area contributed by atoms with Gasteiger partial charge in [0.1, 0.15) is 0 Å². The lowest BCUT2D eigenvalue weighted by Gasteiger charge is -2.17. The van der Waals surface area contributed by atoms with Gasteiger partial charge in [-0.1, -0.05) is 42.1 Å². The number of hydrogen-bond donors (Lipinski definition) is 2. The lowest BCUT2D eigenvalue weighted by atomic mass is 10.1. The van der Waals surface area contributed by atoms with Crippen LogP contribution in [0.3, 0.4) is 0 Å². The van der Waals surface area contributed by atoms with Crippen molar-refractivity contribution in [2.45, 2.75) is 29.7 Å². The highest BCUT2D eigenvalue weighted by Gasteiger charge is 2.22. The van der Waals surface area contributed by atoms with E-state index in [1.807, 2.05) is 32.0 Å². The Hall–Kier alpha value is -3.28. The lowest BCUT2D eigenvalue weighted by molar-refractivity contribution is -0.121. The summed E-state index contributed by atoms with van der Waals surface area (Å²) in [7, 11) is -2.52. The van der Waals surface area contributed by atoms with Crippen LogP contribution in [0.15, 0.2) is 70.7 Å². The zero-order valence-corrected chi connectivity index (χ0v) is 20.6. The van der Waals surface area contributed by atoms with E-state index in [1.165, 1.54) is 30.9 Å². The quantitative estimate of drug-likeness (QED) is 0.277. The number of carbonyl (C=O) groups excluding carboxylic acids is 2. The van der Waals surface area contributed by atoms with Crippen LogP contribution in [0.2, 0.25) is 0 Å². The van der Waals surface area contributed by atoms with Gasteiger partial charge in [0.05, 0.1) is 11.4 Å². The van der Waals surface area contributed by atoms with Crippen molar-refractivity contribution in [1.29, 1.82) is 0 Å². The van der Waals surface area contributed by atoms with E-state index in [-0.39, 0.29) is 4.90 Å². The molecular weight excluding hydrogens is 474 g/mol.